The zero-order valence-electron chi connectivity index (χ0n) is 11.5. The fraction of sp³-hybridized carbons (Fsp3) is 0.400. The number of benzene rings is 1. The third-order valence-corrected chi connectivity index (χ3v) is 3.11. The summed E-state index contributed by atoms with van der Waals surface area (Å²) >= 11 is 6.11. The lowest BCUT2D eigenvalue weighted by Gasteiger charge is -2.20. The van der Waals surface area contributed by atoms with E-state index in [1.807, 2.05) is 6.92 Å². The van der Waals surface area contributed by atoms with Crippen LogP contribution in [0.5, 0.6) is 0 Å². The van der Waals surface area contributed by atoms with E-state index in [0.717, 1.165) is 0 Å². The van der Waals surface area contributed by atoms with E-state index in [2.05, 4.69) is 11.8 Å². The van der Waals surface area contributed by atoms with E-state index in [1.54, 1.807) is 23.1 Å². The first-order chi connectivity index (χ1) is 9.63. The Morgan fingerprint density at radius 2 is 2.25 bits per heavy atom. The van der Waals surface area contributed by atoms with Crippen LogP contribution < -0.4 is 5.73 Å². The first-order valence-corrected chi connectivity index (χ1v) is 6.90. The Balaban J connectivity index is 2.90. The number of hydrogen-bond donors (Lipinski definition) is 2. The van der Waals surface area contributed by atoms with Crippen LogP contribution in [-0.2, 0) is 0 Å². The molecule has 0 bridgehead atoms. The summed E-state index contributed by atoms with van der Waals surface area (Å²) in [6.07, 6.45) is 0.563. The van der Waals surface area contributed by atoms with E-state index in [0.29, 0.717) is 35.7 Å². The summed E-state index contributed by atoms with van der Waals surface area (Å²) in [7, 11) is 0. The molecule has 0 atom stereocenters. The summed E-state index contributed by atoms with van der Waals surface area (Å²) in [5.41, 5.74) is 6.49. The maximum atomic E-state index is 12.3. The molecule has 0 aliphatic rings. The Labute approximate surface area is 124 Å². The number of nitrogens with two attached hydrogens (primary N) is 1. The molecule has 0 unspecified atom stereocenters. The highest BCUT2D eigenvalue weighted by atomic mass is 35.5. The maximum Gasteiger partial charge on any atom is 0.253 e. The molecule has 0 aromatic heterocycles. The number of halogens is 1. The van der Waals surface area contributed by atoms with Crippen molar-refractivity contribution in [3.05, 3.63) is 34.3 Å². The molecule has 1 aromatic rings. The summed E-state index contributed by atoms with van der Waals surface area (Å²) < 4.78 is 0. The third kappa shape index (κ3) is 4.53. The average Bonchev–Trinajstić information content (AvgIpc) is 2.46. The molecule has 20 heavy (non-hydrogen) atoms. The molecular weight excluding hydrogens is 276 g/mol. The molecule has 1 rings (SSSR count). The van der Waals surface area contributed by atoms with Crippen molar-refractivity contribution >= 4 is 17.5 Å². The molecule has 0 aliphatic heterocycles. The van der Waals surface area contributed by atoms with Gasteiger partial charge in [0.15, 0.2) is 0 Å². The van der Waals surface area contributed by atoms with Crippen LogP contribution in [-0.4, -0.2) is 42.2 Å². The van der Waals surface area contributed by atoms with Gasteiger partial charge in [-0.1, -0.05) is 23.4 Å². The van der Waals surface area contributed by atoms with Gasteiger partial charge in [0.25, 0.3) is 5.91 Å². The second-order valence-corrected chi connectivity index (χ2v) is 4.57. The maximum absolute atomic E-state index is 12.3. The second kappa shape index (κ2) is 8.60. The molecule has 1 aromatic carbocycles. The van der Waals surface area contributed by atoms with Gasteiger partial charge in [-0.3, -0.25) is 4.79 Å². The largest absolute Gasteiger partial charge is 0.396 e. The lowest BCUT2D eigenvalue weighted by atomic mass is 10.1. The smallest absolute Gasteiger partial charge is 0.253 e. The highest BCUT2D eigenvalue weighted by Crippen LogP contribution is 2.18. The molecule has 0 aliphatic carbocycles. The number of carbonyl (C=O) groups is 1. The van der Waals surface area contributed by atoms with E-state index in [4.69, 9.17) is 22.4 Å². The van der Waals surface area contributed by atoms with Gasteiger partial charge in [0.1, 0.15) is 0 Å². The lowest BCUT2D eigenvalue weighted by molar-refractivity contribution is 0.0754. The monoisotopic (exact) mass is 294 g/mol. The van der Waals surface area contributed by atoms with Gasteiger partial charge in [-0.25, -0.2) is 0 Å². The van der Waals surface area contributed by atoms with E-state index in [9.17, 15) is 4.79 Å². The molecular formula is C15H19ClN2O2. The Kier molecular flexibility index (Phi) is 7.10. The van der Waals surface area contributed by atoms with Crippen LogP contribution in [0.25, 0.3) is 0 Å². The van der Waals surface area contributed by atoms with Crippen LogP contribution in [0.4, 0.5) is 0 Å². The van der Waals surface area contributed by atoms with Crippen LogP contribution >= 0.6 is 11.6 Å². The molecule has 108 valence electrons. The summed E-state index contributed by atoms with van der Waals surface area (Å²) in [4.78, 5) is 14.0. The third-order valence-electron chi connectivity index (χ3n) is 2.80. The summed E-state index contributed by atoms with van der Waals surface area (Å²) in [5, 5.41) is 9.28. The summed E-state index contributed by atoms with van der Waals surface area (Å²) in [5.74, 6) is 5.48. The van der Waals surface area contributed by atoms with Crippen LogP contribution in [0.2, 0.25) is 5.02 Å². The van der Waals surface area contributed by atoms with E-state index in [-0.39, 0.29) is 19.1 Å². The number of hydrogen-bond acceptors (Lipinski definition) is 3. The van der Waals surface area contributed by atoms with Gasteiger partial charge in [-0.2, -0.15) is 0 Å². The van der Waals surface area contributed by atoms with Crippen LogP contribution in [0.1, 0.15) is 29.3 Å². The number of aliphatic hydroxyl groups is 1. The molecule has 4 nitrogen and oxygen atoms in total. The molecule has 1 amide bonds. The number of nitrogens with zero attached hydrogens (tertiary/aromatic N) is 1. The Morgan fingerprint density at radius 1 is 1.50 bits per heavy atom. The molecule has 0 heterocycles. The predicted octanol–water partition coefficient (Wildman–Crippen LogP) is 1.49. The lowest BCUT2D eigenvalue weighted by Crippen LogP contribution is -2.32. The van der Waals surface area contributed by atoms with Crippen molar-refractivity contribution in [1.82, 2.24) is 4.90 Å². The molecule has 0 saturated heterocycles. The van der Waals surface area contributed by atoms with E-state index in [1.165, 1.54) is 0 Å². The highest BCUT2D eigenvalue weighted by molar-refractivity contribution is 6.32. The van der Waals surface area contributed by atoms with Crippen molar-refractivity contribution in [2.24, 2.45) is 5.73 Å². The van der Waals surface area contributed by atoms with Crippen molar-refractivity contribution in [3.8, 4) is 11.8 Å². The van der Waals surface area contributed by atoms with Gasteiger partial charge in [0, 0.05) is 30.8 Å². The molecule has 3 N–H and O–H groups in total. The first-order valence-electron chi connectivity index (χ1n) is 6.52. The Bertz CT molecular complexity index is 520. The van der Waals surface area contributed by atoms with Gasteiger partial charge in [0.05, 0.1) is 11.6 Å². The van der Waals surface area contributed by atoms with Gasteiger partial charge in [0.2, 0.25) is 0 Å². The molecule has 0 radical (unpaired) electrons. The Hall–Kier alpha value is -1.54. The standard InChI is InChI=1S/C15H19ClN2O2/c1-2-18(9-4-10-19)15(20)13-7-6-12(5-3-8-17)14(16)11-13/h6-7,11,19H,2,4,8-10,17H2,1H3. The first kappa shape index (κ1) is 16.5. The summed E-state index contributed by atoms with van der Waals surface area (Å²) in [6.45, 7) is 3.35. The second-order valence-electron chi connectivity index (χ2n) is 4.16. The number of amides is 1. The van der Waals surface area contributed by atoms with Crippen molar-refractivity contribution in [3.63, 3.8) is 0 Å². The van der Waals surface area contributed by atoms with Crippen LogP contribution in [0, 0.1) is 11.8 Å². The van der Waals surface area contributed by atoms with Gasteiger partial charge in [-0.15, -0.1) is 0 Å². The predicted molar refractivity (Wildman–Crippen MR) is 80.7 cm³/mol. The SMILES string of the molecule is CCN(CCCO)C(=O)c1ccc(C#CCN)c(Cl)c1. The average molecular weight is 295 g/mol. The topological polar surface area (TPSA) is 66.6 Å². The minimum absolute atomic E-state index is 0.0676. The van der Waals surface area contributed by atoms with Gasteiger partial charge in [-0.05, 0) is 31.5 Å². The zero-order chi connectivity index (χ0) is 15.0. The van der Waals surface area contributed by atoms with Gasteiger partial charge < -0.3 is 15.7 Å². The molecule has 0 spiro atoms. The number of carbonyl (C=O) groups excluding carboxylic acids is 1. The summed E-state index contributed by atoms with van der Waals surface area (Å²) in [6, 6.07) is 5.04. The highest BCUT2D eigenvalue weighted by Gasteiger charge is 2.14. The van der Waals surface area contributed by atoms with Crippen molar-refractivity contribution < 1.29 is 9.90 Å². The zero-order valence-corrected chi connectivity index (χ0v) is 12.3. The number of rotatable bonds is 5. The van der Waals surface area contributed by atoms with Crippen molar-refractivity contribution in [1.29, 1.82) is 0 Å². The van der Waals surface area contributed by atoms with Gasteiger partial charge >= 0.3 is 0 Å². The minimum atomic E-state index is -0.0961. The fourth-order valence-electron chi connectivity index (χ4n) is 1.74. The van der Waals surface area contributed by atoms with E-state index >= 15 is 0 Å². The minimum Gasteiger partial charge on any atom is -0.396 e. The van der Waals surface area contributed by atoms with Crippen LogP contribution in [0.15, 0.2) is 18.2 Å². The van der Waals surface area contributed by atoms with Crippen molar-refractivity contribution in [2.45, 2.75) is 13.3 Å². The van der Waals surface area contributed by atoms with Crippen LogP contribution in [0.3, 0.4) is 0 Å². The quantitative estimate of drug-likeness (QED) is 0.809. The Morgan fingerprint density at radius 3 is 2.80 bits per heavy atom. The molecule has 0 fully saturated rings. The number of aliphatic hydroxyl groups excluding tert-OH is 1. The molecule has 5 heteroatoms. The van der Waals surface area contributed by atoms with E-state index < -0.39 is 0 Å². The van der Waals surface area contributed by atoms with Crippen molar-refractivity contribution in [2.75, 3.05) is 26.2 Å². The molecule has 0 saturated carbocycles. The fourth-order valence-corrected chi connectivity index (χ4v) is 1.97. The normalized spacial score (nSPS) is 9.80.